The van der Waals surface area contributed by atoms with Gasteiger partial charge in [0.1, 0.15) is 10.9 Å². The number of rotatable bonds is 3. The van der Waals surface area contributed by atoms with Gasteiger partial charge in [0.05, 0.1) is 17.5 Å². The van der Waals surface area contributed by atoms with Crippen LogP contribution in [0.3, 0.4) is 0 Å². The quantitative estimate of drug-likeness (QED) is 0.608. The van der Waals surface area contributed by atoms with Gasteiger partial charge in [0.25, 0.3) is 0 Å². The summed E-state index contributed by atoms with van der Waals surface area (Å²) in [5, 5.41) is 1.45. The van der Waals surface area contributed by atoms with E-state index in [0.717, 1.165) is 22.2 Å². The summed E-state index contributed by atoms with van der Waals surface area (Å²) in [6, 6.07) is 7.70. The third-order valence-electron chi connectivity index (χ3n) is 2.33. The lowest BCUT2D eigenvalue weighted by Gasteiger charge is -2.10. The Bertz CT molecular complexity index is 540. The third-order valence-corrected chi connectivity index (χ3v) is 2.94. The molecule has 1 aromatic heterocycles. The molecule has 0 bridgehead atoms. The summed E-state index contributed by atoms with van der Waals surface area (Å²) >= 11 is 11.8. The molecule has 2 nitrogen and oxygen atoms in total. The minimum atomic E-state index is 0.153. The first-order chi connectivity index (χ1) is 8.10. The standard InChI is InChI=1S/C13H13Cl2NO/c1-8(2)17-11-3-4-12-9(6-11)5-10(7-14)13(15)16-12/h3-6,8H,7H2,1-2H3. The van der Waals surface area contributed by atoms with Crippen molar-refractivity contribution >= 4 is 34.1 Å². The Morgan fingerprint density at radius 3 is 2.71 bits per heavy atom. The van der Waals surface area contributed by atoms with Crippen LogP contribution >= 0.6 is 23.2 Å². The van der Waals surface area contributed by atoms with E-state index in [9.17, 15) is 0 Å². The van der Waals surface area contributed by atoms with Crippen LogP contribution in [0.25, 0.3) is 10.9 Å². The van der Waals surface area contributed by atoms with Crippen LogP contribution in [-0.4, -0.2) is 11.1 Å². The van der Waals surface area contributed by atoms with Crippen LogP contribution in [0.4, 0.5) is 0 Å². The fraction of sp³-hybridized carbons (Fsp3) is 0.308. The van der Waals surface area contributed by atoms with Gasteiger partial charge in [-0.3, -0.25) is 0 Å². The Morgan fingerprint density at radius 2 is 2.06 bits per heavy atom. The highest BCUT2D eigenvalue weighted by Gasteiger charge is 2.06. The van der Waals surface area contributed by atoms with Crippen LogP contribution in [0, 0.1) is 0 Å². The summed E-state index contributed by atoms with van der Waals surface area (Å²) in [6.07, 6.45) is 0.153. The highest BCUT2D eigenvalue weighted by molar-refractivity contribution is 6.31. The Labute approximate surface area is 111 Å². The SMILES string of the molecule is CC(C)Oc1ccc2nc(Cl)c(CCl)cc2c1. The van der Waals surface area contributed by atoms with E-state index in [0.29, 0.717) is 11.0 Å². The van der Waals surface area contributed by atoms with Gasteiger partial charge in [-0.2, -0.15) is 0 Å². The minimum absolute atomic E-state index is 0.153. The molecule has 0 saturated carbocycles. The van der Waals surface area contributed by atoms with Gasteiger partial charge >= 0.3 is 0 Å². The van der Waals surface area contributed by atoms with Gasteiger partial charge in [0.15, 0.2) is 0 Å². The maximum atomic E-state index is 6.00. The van der Waals surface area contributed by atoms with Crippen molar-refractivity contribution in [3.05, 3.63) is 35.0 Å². The van der Waals surface area contributed by atoms with Gasteiger partial charge in [-0.15, -0.1) is 11.6 Å². The van der Waals surface area contributed by atoms with E-state index in [2.05, 4.69) is 4.98 Å². The Balaban J connectivity index is 2.49. The van der Waals surface area contributed by atoms with Crippen molar-refractivity contribution in [2.75, 3.05) is 0 Å². The summed E-state index contributed by atoms with van der Waals surface area (Å²) in [7, 11) is 0. The second-order valence-electron chi connectivity index (χ2n) is 4.09. The maximum absolute atomic E-state index is 6.00. The molecule has 90 valence electrons. The second-order valence-corrected chi connectivity index (χ2v) is 4.72. The number of halogens is 2. The number of fused-ring (bicyclic) bond motifs is 1. The van der Waals surface area contributed by atoms with Gasteiger partial charge in [-0.1, -0.05) is 11.6 Å². The highest BCUT2D eigenvalue weighted by atomic mass is 35.5. The first-order valence-corrected chi connectivity index (χ1v) is 6.33. The molecule has 0 aliphatic rings. The molecular formula is C13H13Cl2NO. The van der Waals surface area contributed by atoms with Gasteiger partial charge in [0.2, 0.25) is 0 Å². The monoisotopic (exact) mass is 269 g/mol. The number of hydrogen-bond donors (Lipinski definition) is 0. The van der Waals surface area contributed by atoms with Crippen molar-refractivity contribution in [2.24, 2.45) is 0 Å². The second kappa shape index (κ2) is 5.11. The first kappa shape index (κ1) is 12.5. The number of benzene rings is 1. The molecule has 0 radical (unpaired) electrons. The van der Waals surface area contributed by atoms with Crippen LogP contribution in [-0.2, 0) is 5.88 Å². The van der Waals surface area contributed by atoms with E-state index >= 15 is 0 Å². The van der Waals surface area contributed by atoms with Crippen molar-refractivity contribution in [2.45, 2.75) is 25.8 Å². The number of ether oxygens (including phenoxy) is 1. The van der Waals surface area contributed by atoms with E-state index in [1.54, 1.807) is 0 Å². The molecule has 0 spiro atoms. The predicted molar refractivity (Wildman–Crippen MR) is 72.1 cm³/mol. The first-order valence-electron chi connectivity index (χ1n) is 5.42. The summed E-state index contributed by atoms with van der Waals surface area (Å²) in [5.41, 5.74) is 1.68. The molecule has 0 aliphatic carbocycles. The number of alkyl halides is 1. The summed E-state index contributed by atoms with van der Waals surface area (Å²) < 4.78 is 5.63. The zero-order valence-corrected chi connectivity index (χ0v) is 11.2. The Hall–Kier alpha value is -0.990. The molecule has 0 unspecified atom stereocenters. The lowest BCUT2D eigenvalue weighted by Crippen LogP contribution is -2.05. The van der Waals surface area contributed by atoms with Crippen molar-refractivity contribution in [3.63, 3.8) is 0 Å². The van der Waals surface area contributed by atoms with Crippen LogP contribution in [0.1, 0.15) is 19.4 Å². The molecule has 4 heteroatoms. The molecule has 1 heterocycles. The van der Waals surface area contributed by atoms with Crippen LogP contribution in [0.15, 0.2) is 24.3 Å². The number of aromatic nitrogens is 1. The molecule has 2 aromatic rings. The minimum Gasteiger partial charge on any atom is -0.491 e. The van der Waals surface area contributed by atoms with Gasteiger partial charge in [-0.25, -0.2) is 4.98 Å². The van der Waals surface area contributed by atoms with Gasteiger partial charge < -0.3 is 4.74 Å². The van der Waals surface area contributed by atoms with Crippen LogP contribution in [0.5, 0.6) is 5.75 Å². The molecule has 0 amide bonds. The predicted octanol–water partition coefficient (Wildman–Crippen LogP) is 4.41. The zero-order valence-electron chi connectivity index (χ0n) is 9.71. The molecule has 1 aromatic carbocycles. The van der Waals surface area contributed by atoms with Gasteiger partial charge in [0, 0.05) is 10.9 Å². The fourth-order valence-electron chi connectivity index (χ4n) is 1.61. The molecule has 2 rings (SSSR count). The average Bonchev–Trinajstić information content (AvgIpc) is 2.28. The van der Waals surface area contributed by atoms with Crippen LogP contribution in [0.2, 0.25) is 5.15 Å². The molecule has 0 N–H and O–H groups in total. The number of pyridine rings is 1. The van der Waals surface area contributed by atoms with E-state index in [1.807, 2.05) is 38.1 Å². The average molecular weight is 270 g/mol. The fourth-order valence-corrected chi connectivity index (χ4v) is 2.10. The topological polar surface area (TPSA) is 22.1 Å². The van der Waals surface area contributed by atoms with Crippen molar-refractivity contribution in [1.29, 1.82) is 0 Å². The molecule has 0 aliphatic heterocycles. The molecule has 0 atom stereocenters. The van der Waals surface area contributed by atoms with E-state index in [1.165, 1.54) is 0 Å². The summed E-state index contributed by atoms with van der Waals surface area (Å²) in [6.45, 7) is 3.99. The van der Waals surface area contributed by atoms with Crippen molar-refractivity contribution < 1.29 is 4.74 Å². The Kier molecular flexibility index (Phi) is 3.75. The molecule has 0 saturated heterocycles. The lowest BCUT2D eigenvalue weighted by atomic mass is 10.1. The van der Waals surface area contributed by atoms with Gasteiger partial charge in [-0.05, 0) is 38.1 Å². The number of hydrogen-bond acceptors (Lipinski definition) is 2. The lowest BCUT2D eigenvalue weighted by molar-refractivity contribution is 0.243. The summed E-state index contributed by atoms with van der Waals surface area (Å²) in [4.78, 5) is 4.29. The van der Waals surface area contributed by atoms with E-state index < -0.39 is 0 Å². The maximum Gasteiger partial charge on any atom is 0.134 e. The zero-order chi connectivity index (χ0) is 12.4. The third kappa shape index (κ3) is 2.82. The summed E-state index contributed by atoms with van der Waals surface area (Å²) in [5.74, 6) is 1.19. The largest absolute Gasteiger partial charge is 0.491 e. The smallest absolute Gasteiger partial charge is 0.134 e. The van der Waals surface area contributed by atoms with E-state index in [4.69, 9.17) is 27.9 Å². The molecular weight excluding hydrogens is 257 g/mol. The van der Waals surface area contributed by atoms with Crippen molar-refractivity contribution in [1.82, 2.24) is 4.98 Å². The van der Waals surface area contributed by atoms with Crippen molar-refractivity contribution in [3.8, 4) is 5.75 Å². The highest BCUT2D eigenvalue weighted by Crippen LogP contribution is 2.25. The number of nitrogens with zero attached hydrogens (tertiary/aromatic N) is 1. The normalized spacial score (nSPS) is 11.1. The molecule has 0 fully saturated rings. The van der Waals surface area contributed by atoms with E-state index in [-0.39, 0.29) is 6.10 Å². The van der Waals surface area contributed by atoms with Crippen LogP contribution < -0.4 is 4.74 Å². The molecule has 17 heavy (non-hydrogen) atoms. The Morgan fingerprint density at radius 1 is 1.29 bits per heavy atom.